The Morgan fingerprint density at radius 1 is 0.812 bits per heavy atom. The van der Waals surface area contributed by atoms with Gasteiger partial charge in [0.25, 0.3) is 0 Å². The summed E-state index contributed by atoms with van der Waals surface area (Å²) in [5.41, 5.74) is 4.97. The highest BCUT2D eigenvalue weighted by molar-refractivity contribution is 7.94. The maximum absolute atomic E-state index is 6.15. The van der Waals surface area contributed by atoms with E-state index in [1.807, 2.05) is 44.6 Å². The third kappa shape index (κ3) is 5.35. The van der Waals surface area contributed by atoms with Crippen LogP contribution in [0.4, 0.5) is 11.5 Å². The molecule has 0 amide bonds. The first-order valence-corrected chi connectivity index (χ1v) is 11.8. The van der Waals surface area contributed by atoms with Gasteiger partial charge in [-0.15, -0.1) is 0 Å². The molecule has 6 nitrogen and oxygen atoms in total. The lowest BCUT2D eigenvalue weighted by atomic mass is 10.0. The predicted molar refractivity (Wildman–Crippen MR) is 137 cm³/mol. The maximum Gasteiger partial charge on any atom is 0.147 e. The minimum absolute atomic E-state index is 0.712. The summed E-state index contributed by atoms with van der Waals surface area (Å²) < 4.78 is 4.51. The van der Waals surface area contributed by atoms with E-state index in [-0.39, 0.29) is 0 Å². The van der Waals surface area contributed by atoms with Crippen LogP contribution in [0.15, 0.2) is 54.7 Å². The number of rotatable bonds is 6. The molecule has 0 unspecified atom stereocenters. The fraction of sp³-hybridized carbons (Fsp3) is 0.333. The fourth-order valence-electron chi connectivity index (χ4n) is 3.70. The van der Waals surface area contributed by atoms with Crippen LogP contribution in [0.2, 0.25) is 5.02 Å². The predicted octanol–water partition coefficient (Wildman–Crippen LogP) is 4.78. The van der Waals surface area contributed by atoms with E-state index >= 15 is 0 Å². The van der Waals surface area contributed by atoms with Gasteiger partial charge in [0, 0.05) is 74.2 Å². The summed E-state index contributed by atoms with van der Waals surface area (Å²) in [7, 11) is 8.23. The van der Waals surface area contributed by atoms with Crippen LogP contribution >= 0.6 is 23.7 Å². The largest absolute Gasteiger partial charge is 0.378 e. The Morgan fingerprint density at radius 3 is 2.00 bits per heavy atom. The number of hydrogen-bond donors (Lipinski definition) is 0. The van der Waals surface area contributed by atoms with Gasteiger partial charge in [-0.2, -0.15) is 0 Å². The standard InChI is InChI=1S/C24H29ClN6S/c1-28(2)21-11-7-18(8-12-21)23-24(19-5-9-20(25)10-6-19)27-22(17-26-23)30-13-15-31(16-14-30)32-29(3)4/h5-12,17H,13-16H2,1-4H3. The van der Waals surface area contributed by atoms with Gasteiger partial charge in [0.2, 0.25) is 0 Å². The van der Waals surface area contributed by atoms with Gasteiger partial charge in [-0.25, -0.2) is 13.6 Å². The second kappa shape index (κ2) is 10.1. The summed E-state index contributed by atoms with van der Waals surface area (Å²) in [5.74, 6) is 0.915. The SMILES string of the molecule is CN(C)SN1CCN(c2cnc(-c3ccc(N(C)C)cc3)c(-c3ccc(Cl)cc3)n2)CC1. The van der Waals surface area contributed by atoms with Crippen LogP contribution < -0.4 is 9.80 Å². The summed E-state index contributed by atoms with van der Waals surface area (Å²) >= 11 is 7.91. The van der Waals surface area contributed by atoms with Crippen molar-refractivity contribution in [2.24, 2.45) is 0 Å². The van der Waals surface area contributed by atoms with E-state index < -0.39 is 0 Å². The van der Waals surface area contributed by atoms with Crippen molar-refractivity contribution < 1.29 is 0 Å². The summed E-state index contributed by atoms with van der Waals surface area (Å²) in [4.78, 5) is 14.4. The number of piperazine rings is 1. The van der Waals surface area contributed by atoms with E-state index in [9.17, 15) is 0 Å². The Labute approximate surface area is 200 Å². The molecular formula is C24H29ClN6S. The van der Waals surface area contributed by atoms with Crippen LogP contribution in [0.1, 0.15) is 0 Å². The van der Waals surface area contributed by atoms with E-state index in [2.05, 4.69) is 56.8 Å². The highest BCUT2D eigenvalue weighted by Gasteiger charge is 2.21. The molecule has 0 saturated carbocycles. The van der Waals surface area contributed by atoms with Crippen molar-refractivity contribution in [2.75, 3.05) is 64.2 Å². The monoisotopic (exact) mass is 468 g/mol. The molecule has 0 atom stereocenters. The molecule has 0 N–H and O–H groups in total. The molecule has 32 heavy (non-hydrogen) atoms. The zero-order valence-corrected chi connectivity index (χ0v) is 20.6. The van der Waals surface area contributed by atoms with Gasteiger partial charge < -0.3 is 9.80 Å². The Kier molecular flexibility index (Phi) is 7.20. The Morgan fingerprint density at radius 2 is 1.41 bits per heavy atom. The minimum atomic E-state index is 0.712. The van der Waals surface area contributed by atoms with Crippen LogP contribution in [0.5, 0.6) is 0 Å². The summed E-state index contributed by atoms with van der Waals surface area (Å²) in [6, 6.07) is 16.3. The highest BCUT2D eigenvalue weighted by Crippen LogP contribution is 2.32. The van der Waals surface area contributed by atoms with Gasteiger partial charge >= 0.3 is 0 Å². The molecule has 4 rings (SSSR count). The zero-order chi connectivity index (χ0) is 22.7. The lowest BCUT2D eigenvalue weighted by Gasteiger charge is -2.35. The molecule has 0 aliphatic carbocycles. The molecule has 1 aliphatic heterocycles. The molecule has 1 aliphatic rings. The number of halogens is 1. The molecule has 0 spiro atoms. The normalized spacial score (nSPS) is 14.8. The molecule has 0 bridgehead atoms. The van der Waals surface area contributed by atoms with E-state index in [0.717, 1.165) is 60.2 Å². The molecule has 1 fully saturated rings. The quantitative estimate of drug-likeness (QED) is 0.482. The summed E-state index contributed by atoms with van der Waals surface area (Å²) in [5, 5.41) is 0.712. The number of anilines is 2. The average molecular weight is 469 g/mol. The van der Waals surface area contributed by atoms with Gasteiger partial charge in [-0.1, -0.05) is 35.9 Å². The number of nitrogens with zero attached hydrogens (tertiary/aromatic N) is 6. The van der Waals surface area contributed by atoms with Gasteiger partial charge in [0.05, 0.1) is 17.6 Å². The van der Waals surface area contributed by atoms with Crippen molar-refractivity contribution in [3.05, 3.63) is 59.8 Å². The highest BCUT2D eigenvalue weighted by atomic mass is 35.5. The Balaban J connectivity index is 1.66. The van der Waals surface area contributed by atoms with Crippen LogP contribution in [-0.4, -0.2) is 72.9 Å². The molecule has 1 aromatic heterocycles. The number of benzene rings is 2. The summed E-state index contributed by atoms with van der Waals surface area (Å²) in [6.07, 6.45) is 1.91. The molecular weight excluding hydrogens is 440 g/mol. The van der Waals surface area contributed by atoms with Gasteiger partial charge in [0.1, 0.15) is 5.82 Å². The third-order valence-corrected chi connectivity index (χ3v) is 6.55. The molecule has 1 saturated heterocycles. The maximum atomic E-state index is 6.15. The van der Waals surface area contributed by atoms with Gasteiger partial charge in [0.15, 0.2) is 0 Å². The van der Waals surface area contributed by atoms with E-state index in [1.54, 1.807) is 12.1 Å². The Hall–Kier alpha value is -2.32. The fourth-order valence-corrected chi connectivity index (χ4v) is 4.61. The van der Waals surface area contributed by atoms with E-state index in [4.69, 9.17) is 21.6 Å². The molecule has 168 valence electrons. The second-order valence-electron chi connectivity index (χ2n) is 8.18. The first-order valence-electron chi connectivity index (χ1n) is 10.7. The second-order valence-corrected chi connectivity index (χ2v) is 10.0. The van der Waals surface area contributed by atoms with Gasteiger partial charge in [-0.05, 0) is 38.4 Å². The van der Waals surface area contributed by atoms with Crippen molar-refractivity contribution >= 4 is 35.2 Å². The van der Waals surface area contributed by atoms with Crippen LogP contribution in [0.3, 0.4) is 0 Å². The lowest BCUT2D eigenvalue weighted by Crippen LogP contribution is -2.44. The van der Waals surface area contributed by atoms with Crippen molar-refractivity contribution in [3.8, 4) is 22.5 Å². The minimum Gasteiger partial charge on any atom is -0.378 e. The average Bonchev–Trinajstić information content (AvgIpc) is 2.79. The molecule has 2 aromatic carbocycles. The van der Waals surface area contributed by atoms with Crippen LogP contribution in [0.25, 0.3) is 22.5 Å². The molecule has 2 heterocycles. The third-order valence-electron chi connectivity index (χ3n) is 5.38. The number of aromatic nitrogens is 2. The van der Waals surface area contributed by atoms with Crippen molar-refractivity contribution in [1.29, 1.82) is 0 Å². The molecule has 0 radical (unpaired) electrons. The number of hydrogen-bond acceptors (Lipinski definition) is 7. The van der Waals surface area contributed by atoms with Crippen molar-refractivity contribution in [1.82, 2.24) is 18.6 Å². The van der Waals surface area contributed by atoms with Crippen molar-refractivity contribution in [2.45, 2.75) is 0 Å². The molecule has 3 aromatic rings. The topological polar surface area (TPSA) is 38.7 Å². The summed E-state index contributed by atoms with van der Waals surface area (Å²) in [6.45, 7) is 3.81. The Bertz CT molecular complexity index is 1030. The zero-order valence-electron chi connectivity index (χ0n) is 19.0. The lowest BCUT2D eigenvalue weighted by molar-refractivity contribution is 0.414. The van der Waals surface area contributed by atoms with Gasteiger partial charge in [-0.3, -0.25) is 4.98 Å². The van der Waals surface area contributed by atoms with Crippen LogP contribution in [0, 0.1) is 0 Å². The van der Waals surface area contributed by atoms with E-state index in [1.165, 1.54) is 0 Å². The van der Waals surface area contributed by atoms with Crippen molar-refractivity contribution in [3.63, 3.8) is 0 Å². The smallest absolute Gasteiger partial charge is 0.147 e. The van der Waals surface area contributed by atoms with E-state index in [0.29, 0.717) is 5.02 Å². The first kappa shape index (κ1) is 22.9. The van der Waals surface area contributed by atoms with Crippen LogP contribution in [-0.2, 0) is 0 Å². The first-order chi connectivity index (χ1) is 15.4. The molecule has 8 heteroatoms.